The van der Waals surface area contributed by atoms with Gasteiger partial charge < -0.3 is 20.3 Å². The number of rotatable bonds is 47. The monoisotopic (exact) mass is 844 g/mol. The normalized spacial score (nSPS) is 13.5. The summed E-state index contributed by atoms with van der Waals surface area (Å²) in [5, 5.41) is 23.6. The van der Waals surface area contributed by atoms with Crippen molar-refractivity contribution in [2.24, 2.45) is 0 Å². The van der Waals surface area contributed by atoms with E-state index in [9.17, 15) is 19.8 Å². The van der Waals surface area contributed by atoms with Crippen LogP contribution in [0.2, 0.25) is 0 Å². The summed E-state index contributed by atoms with van der Waals surface area (Å²) >= 11 is 0. The number of aliphatic hydroxyl groups is 2. The van der Waals surface area contributed by atoms with Crippen molar-refractivity contribution in [3.63, 3.8) is 0 Å². The first-order valence-electron chi connectivity index (χ1n) is 26.2. The van der Waals surface area contributed by atoms with Gasteiger partial charge >= 0.3 is 5.97 Å². The molecule has 60 heavy (non-hydrogen) atoms. The molecule has 0 aliphatic carbocycles. The van der Waals surface area contributed by atoms with Gasteiger partial charge in [0.05, 0.1) is 25.2 Å². The molecule has 0 rings (SSSR count). The fourth-order valence-corrected chi connectivity index (χ4v) is 7.92. The van der Waals surface area contributed by atoms with Crippen LogP contribution in [0.5, 0.6) is 0 Å². The molecule has 0 spiro atoms. The van der Waals surface area contributed by atoms with Gasteiger partial charge in [-0.15, -0.1) is 0 Å². The highest BCUT2D eigenvalue weighted by molar-refractivity contribution is 5.78. The second kappa shape index (κ2) is 48.1. The summed E-state index contributed by atoms with van der Waals surface area (Å²) in [6.45, 7) is 6.44. The van der Waals surface area contributed by atoms with Gasteiger partial charge in [-0.3, -0.25) is 9.59 Å². The topological polar surface area (TPSA) is 95.9 Å². The molecule has 352 valence electrons. The lowest BCUT2D eigenvalue weighted by atomic mass is 10.0. The molecule has 0 fully saturated rings. The Hall–Kier alpha value is -1.92. The van der Waals surface area contributed by atoms with Crippen molar-refractivity contribution in [2.45, 2.75) is 289 Å². The minimum Gasteiger partial charge on any atom is -0.458 e. The lowest BCUT2D eigenvalue weighted by Crippen LogP contribution is -2.46. The molecule has 0 heterocycles. The van der Waals surface area contributed by atoms with Crippen molar-refractivity contribution in [3.8, 4) is 0 Å². The zero-order valence-corrected chi connectivity index (χ0v) is 40.1. The van der Waals surface area contributed by atoms with Crippen molar-refractivity contribution in [3.05, 3.63) is 36.5 Å². The first kappa shape index (κ1) is 58.1. The second-order valence-electron chi connectivity index (χ2n) is 17.9. The molecule has 0 aliphatic rings. The molecule has 0 aromatic heterocycles. The van der Waals surface area contributed by atoms with E-state index in [1.807, 2.05) is 12.2 Å². The minimum atomic E-state index is -0.808. The average molecular weight is 844 g/mol. The minimum absolute atomic E-state index is 0.0269. The third-order valence-electron chi connectivity index (χ3n) is 11.9. The first-order chi connectivity index (χ1) is 29.5. The molecular weight excluding hydrogens is 743 g/mol. The molecule has 0 aromatic carbocycles. The van der Waals surface area contributed by atoms with Crippen molar-refractivity contribution in [1.29, 1.82) is 0 Å². The number of esters is 1. The van der Waals surface area contributed by atoms with Crippen LogP contribution < -0.4 is 5.32 Å². The quantitative estimate of drug-likeness (QED) is 0.0322. The van der Waals surface area contributed by atoms with E-state index in [2.05, 4.69) is 50.4 Å². The van der Waals surface area contributed by atoms with Crippen LogP contribution in [-0.4, -0.2) is 46.9 Å². The standard InChI is InChI=1S/C54H101NO5/c1-4-7-10-13-16-19-22-23-24-25-26-27-28-29-32-35-38-41-44-47-54(59)60-50(45-42-39-36-33-30-20-17-14-11-8-5-2)48-53(58)55-51(49-56)52(57)46-43-40-37-34-31-21-18-15-12-9-6-3/h23-24,33,36,42,45,50-52,56-57H,4-22,25-32,34-35,37-41,43-44,46-49H2,1-3H3,(H,55,58)/b24-23+,36-33-,45-42+. The molecule has 0 bridgehead atoms. The Bertz CT molecular complexity index is 993. The second-order valence-corrected chi connectivity index (χ2v) is 17.9. The molecule has 6 heteroatoms. The number of hydrogen-bond acceptors (Lipinski definition) is 5. The summed E-state index contributed by atoms with van der Waals surface area (Å²) in [6, 6.07) is -0.729. The van der Waals surface area contributed by atoms with Crippen molar-refractivity contribution in [1.82, 2.24) is 5.32 Å². The van der Waals surface area contributed by atoms with Crippen LogP contribution in [0.1, 0.15) is 271 Å². The van der Waals surface area contributed by atoms with Crippen molar-refractivity contribution in [2.75, 3.05) is 6.61 Å². The summed E-state index contributed by atoms with van der Waals surface area (Å²) in [4.78, 5) is 26.0. The number of nitrogens with one attached hydrogen (secondary N) is 1. The Morgan fingerprint density at radius 3 is 1.32 bits per heavy atom. The Labute approximate surface area is 373 Å². The molecule has 0 saturated heterocycles. The number of carbonyl (C=O) groups is 2. The zero-order valence-electron chi connectivity index (χ0n) is 40.1. The molecule has 6 nitrogen and oxygen atoms in total. The molecule has 3 unspecified atom stereocenters. The Kier molecular flexibility index (Phi) is 46.6. The van der Waals surface area contributed by atoms with E-state index < -0.39 is 18.2 Å². The summed E-state index contributed by atoms with van der Waals surface area (Å²) in [5.74, 6) is -0.597. The Balaban J connectivity index is 4.53. The molecule has 0 saturated carbocycles. The van der Waals surface area contributed by atoms with Crippen LogP contribution in [0, 0.1) is 0 Å². The number of aliphatic hydroxyl groups excluding tert-OH is 2. The third kappa shape index (κ3) is 42.8. The highest BCUT2D eigenvalue weighted by Gasteiger charge is 2.23. The molecule has 0 radical (unpaired) electrons. The van der Waals surface area contributed by atoms with Gasteiger partial charge in [-0.1, -0.05) is 231 Å². The third-order valence-corrected chi connectivity index (χ3v) is 11.9. The lowest BCUT2D eigenvalue weighted by molar-refractivity contribution is -0.148. The lowest BCUT2D eigenvalue weighted by Gasteiger charge is -2.23. The van der Waals surface area contributed by atoms with E-state index in [0.29, 0.717) is 12.8 Å². The van der Waals surface area contributed by atoms with Crippen LogP contribution in [0.3, 0.4) is 0 Å². The van der Waals surface area contributed by atoms with Gasteiger partial charge in [0.1, 0.15) is 6.10 Å². The number of hydrogen-bond donors (Lipinski definition) is 3. The summed E-state index contributed by atoms with van der Waals surface area (Å²) in [7, 11) is 0. The molecular formula is C54H101NO5. The van der Waals surface area contributed by atoms with Crippen molar-refractivity contribution >= 4 is 11.9 Å². The molecule has 0 aliphatic heterocycles. The fraction of sp³-hybridized carbons (Fsp3) is 0.852. The largest absolute Gasteiger partial charge is 0.458 e. The summed E-state index contributed by atoms with van der Waals surface area (Å²) in [6.07, 6.45) is 56.7. The van der Waals surface area contributed by atoms with E-state index >= 15 is 0 Å². The smallest absolute Gasteiger partial charge is 0.306 e. The van der Waals surface area contributed by atoms with Gasteiger partial charge in [-0.25, -0.2) is 0 Å². The van der Waals surface area contributed by atoms with Gasteiger partial charge in [-0.2, -0.15) is 0 Å². The van der Waals surface area contributed by atoms with E-state index in [4.69, 9.17) is 4.74 Å². The van der Waals surface area contributed by atoms with E-state index in [-0.39, 0.29) is 24.9 Å². The summed E-state index contributed by atoms with van der Waals surface area (Å²) < 4.78 is 5.83. The number of carbonyl (C=O) groups excluding carboxylic acids is 2. The predicted molar refractivity (Wildman–Crippen MR) is 259 cm³/mol. The van der Waals surface area contributed by atoms with Crippen LogP contribution in [0.4, 0.5) is 0 Å². The molecule has 0 aromatic rings. The van der Waals surface area contributed by atoms with Gasteiger partial charge in [0, 0.05) is 6.42 Å². The predicted octanol–water partition coefficient (Wildman–Crippen LogP) is 15.7. The maximum atomic E-state index is 13.1. The number of amides is 1. The SMILES string of the molecule is CCCCCCCC/C=C\C/C=C/C(CC(=O)NC(CO)C(O)CCCCCCCCCCCCC)OC(=O)CCCCCCCCCCC/C=C/CCCCCCCC. The first-order valence-corrected chi connectivity index (χ1v) is 26.2. The van der Waals surface area contributed by atoms with E-state index in [1.54, 1.807) is 0 Å². The highest BCUT2D eigenvalue weighted by atomic mass is 16.5. The van der Waals surface area contributed by atoms with Gasteiger partial charge in [0.25, 0.3) is 0 Å². The maximum Gasteiger partial charge on any atom is 0.306 e. The van der Waals surface area contributed by atoms with E-state index in [0.717, 1.165) is 51.4 Å². The zero-order chi connectivity index (χ0) is 43.8. The Morgan fingerprint density at radius 1 is 0.500 bits per heavy atom. The van der Waals surface area contributed by atoms with Crippen LogP contribution in [-0.2, 0) is 14.3 Å². The molecule has 3 N–H and O–H groups in total. The molecule has 1 amide bonds. The van der Waals surface area contributed by atoms with Crippen LogP contribution >= 0.6 is 0 Å². The Morgan fingerprint density at radius 2 is 0.883 bits per heavy atom. The number of ether oxygens (including phenoxy) is 1. The van der Waals surface area contributed by atoms with Crippen molar-refractivity contribution < 1.29 is 24.5 Å². The van der Waals surface area contributed by atoms with Crippen LogP contribution in [0.25, 0.3) is 0 Å². The summed E-state index contributed by atoms with van der Waals surface area (Å²) in [5.41, 5.74) is 0. The number of unbranched alkanes of at least 4 members (excludes halogenated alkanes) is 31. The van der Waals surface area contributed by atoms with Gasteiger partial charge in [0.2, 0.25) is 5.91 Å². The molecule has 3 atom stereocenters. The van der Waals surface area contributed by atoms with E-state index in [1.165, 1.54) is 180 Å². The number of allylic oxidation sites excluding steroid dienone is 5. The highest BCUT2D eigenvalue weighted by Crippen LogP contribution is 2.16. The average Bonchev–Trinajstić information content (AvgIpc) is 3.24. The van der Waals surface area contributed by atoms with Gasteiger partial charge in [-0.05, 0) is 63.9 Å². The fourth-order valence-electron chi connectivity index (χ4n) is 7.92. The van der Waals surface area contributed by atoms with Crippen LogP contribution in [0.15, 0.2) is 36.5 Å². The van der Waals surface area contributed by atoms with Gasteiger partial charge in [0.15, 0.2) is 0 Å². The maximum absolute atomic E-state index is 13.1.